The van der Waals surface area contributed by atoms with Crippen molar-refractivity contribution in [1.82, 2.24) is 0 Å². The Bertz CT molecular complexity index is 973. The van der Waals surface area contributed by atoms with E-state index in [-0.39, 0.29) is 0 Å². The van der Waals surface area contributed by atoms with Gasteiger partial charge in [0.15, 0.2) is 11.5 Å². The number of hydrazone groups is 1. The van der Waals surface area contributed by atoms with E-state index in [0.717, 1.165) is 22.4 Å². The Morgan fingerprint density at radius 2 is 1.75 bits per heavy atom. The molecular formula is C22H20Cl2N2O2. The normalized spacial score (nSPS) is 10.9. The first-order valence-corrected chi connectivity index (χ1v) is 9.41. The first kappa shape index (κ1) is 20.1. The molecular weight excluding hydrogens is 395 g/mol. The Hall–Kier alpha value is -2.69. The SMILES string of the molecule is COc1ccc(C=NNc2ccc(C)c(Cl)c2)cc1OCc1ccc(Cl)cc1. The summed E-state index contributed by atoms with van der Waals surface area (Å²) in [5.74, 6) is 1.30. The summed E-state index contributed by atoms with van der Waals surface area (Å²) in [6, 6.07) is 18.9. The highest BCUT2D eigenvalue weighted by Gasteiger charge is 2.06. The standard InChI is InChI=1S/C22H20Cl2N2O2/c1-15-3-9-19(12-20(15)24)26-25-13-17-6-10-21(27-2)22(11-17)28-14-16-4-7-18(23)8-5-16/h3-13,26H,14H2,1-2H3. The Morgan fingerprint density at radius 1 is 0.964 bits per heavy atom. The number of benzene rings is 3. The number of aryl methyl sites for hydroxylation is 1. The molecule has 0 aliphatic rings. The van der Waals surface area contributed by atoms with Gasteiger partial charge < -0.3 is 9.47 Å². The van der Waals surface area contributed by atoms with Crippen molar-refractivity contribution >= 4 is 35.1 Å². The molecule has 28 heavy (non-hydrogen) atoms. The lowest BCUT2D eigenvalue weighted by Gasteiger charge is -2.11. The molecule has 144 valence electrons. The molecule has 3 aromatic rings. The Kier molecular flexibility index (Phi) is 6.80. The summed E-state index contributed by atoms with van der Waals surface area (Å²) >= 11 is 12.0. The van der Waals surface area contributed by atoms with Crippen molar-refractivity contribution in [3.8, 4) is 11.5 Å². The molecule has 0 heterocycles. The molecule has 3 rings (SSSR count). The molecule has 3 aromatic carbocycles. The highest BCUT2D eigenvalue weighted by molar-refractivity contribution is 6.31. The van der Waals surface area contributed by atoms with Gasteiger partial charge in [0.25, 0.3) is 0 Å². The van der Waals surface area contributed by atoms with Gasteiger partial charge in [0.2, 0.25) is 0 Å². The minimum absolute atomic E-state index is 0.411. The summed E-state index contributed by atoms with van der Waals surface area (Å²) in [5.41, 5.74) is 6.70. The molecule has 0 atom stereocenters. The first-order chi connectivity index (χ1) is 13.5. The van der Waals surface area contributed by atoms with Crippen molar-refractivity contribution in [3.05, 3.63) is 87.4 Å². The molecule has 0 saturated heterocycles. The Labute approximate surface area is 174 Å². The molecule has 0 aromatic heterocycles. The van der Waals surface area contributed by atoms with Gasteiger partial charge in [-0.3, -0.25) is 5.43 Å². The van der Waals surface area contributed by atoms with Crippen LogP contribution in [0.25, 0.3) is 0 Å². The summed E-state index contributed by atoms with van der Waals surface area (Å²) in [6.07, 6.45) is 1.71. The van der Waals surface area contributed by atoms with Gasteiger partial charge in [-0.15, -0.1) is 0 Å². The second kappa shape index (κ2) is 9.49. The molecule has 0 amide bonds. The Balaban J connectivity index is 1.68. The van der Waals surface area contributed by atoms with Gasteiger partial charge in [0.05, 0.1) is 19.0 Å². The zero-order valence-electron chi connectivity index (χ0n) is 15.6. The van der Waals surface area contributed by atoms with Crippen LogP contribution >= 0.6 is 23.2 Å². The van der Waals surface area contributed by atoms with Crippen LogP contribution in [0.5, 0.6) is 11.5 Å². The fraction of sp³-hybridized carbons (Fsp3) is 0.136. The first-order valence-electron chi connectivity index (χ1n) is 8.65. The molecule has 0 aliphatic heterocycles. The van der Waals surface area contributed by atoms with Gasteiger partial charge in [-0.1, -0.05) is 41.4 Å². The van der Waals surface area contributed by atoms with Gasteiger partial charge in [-0.2, -0.15) is 5.10 Å². The maximum Gasteiger partial charge on any atom is 0.162 e. The third-order valence-electron chi connectivity index (χ3n) is 4.07. The minimum atomic E-state index is 0.411. The summed E-state index contributed by atoms with van der Waals surface area (Å²) in [6.45, 7) is 2.37. The van der Waals surface area contributed by atoms with Gasteiger partial charge in [-0.25, -0.2) is 0 Å². The van der Waals surface area contributed by atoms with E-state index in [1.54, 1.807) is 13.3 Å². The van der Waals surface area contributed by atoms with Crippen molar-refractivity contribution in [2.24, 2.45) is 5.10 Å². The molecule has 0 radical (unpaired) electrons. The fourth-order valence-electron chi connectivity index (χ4n) is 2.47. The average molecular weight is 415 g/mol. The third-order valence-corrected chi connectivity index (χ3v) is 4.73. The third kappa shape index (κ3) is 5.41. The number of ether oxygens (including phenoxy) is 2. The van der Waals surface area contributed by atoms with Crippen molar-refractivity contribution in [2.45, 2.75) is 13.5 Å². The smallest absolute Gasteiger partial charge is 0.162 e. The number of halogens is 2. The minimum Gasteiger partial charge on any atom is -0.493 e. The lowest BCUT2D eigenvalue weighted by molar-refractivity contribution is 0.284. The molecule has 0 fully saturated rings. The number of rotatable bonds is 7. The van der Waals surface area contributed by atoms with Gasteiger partial charge in [-0.05, 0) is 66.1 Å². The van der Waals surface area contributed by atoms with Gasteiger partial charge in [0, 0.05) is 10.0 Å². The van der Waals surface area contributed by atoms with Crippen molar-refractivity contribution in [1.29, 1.82) is 0 Å². The highest BCUT2D eigenvalue weighted by Crippen LogP contribution is 2.28. The van der Waals surface area contributed by atoms with Crippen LogP contribution in [0.4, 0.5) is 5.69 Å². The Morgan fingerprint density at radius 3 is 2.46 bits per heavy atom. The topological polar surface area (TPSA) is 42.8 Å². The number of nitrogens with one attached hydrogen (secondary N) is 1. The molecule has 4 nitrogen and oxygen atoms in total. The summed E-state index contributed by atoms with van der Waals surface area (Å²) in [4.78, 5) is 0. The van der Waals surface area contributed by atoms with E-state index in [9.17, 15) is 0 Å². The maximum atomic E-state index is 6.13. The van der Waals surface area contributed by atoms with Crippen LogP contribution in [0.3, 0.4) is 0 Å². The van der Waals surface area contributed by atoms with Crippen molar-refractivity contribution < 1.29 is 9.47 Å². The van der Waals surface area contributed by atoms with Crippen LogP contribution < -0.4 is 14.9 Å². The van der Waals surface area contributed by atoms with Gasteiger partial charge in [0.1, 0.15) is 6.61 Å². The number of anilines is 1. The molecule has 0 bridgehead atoms. The number of nitrogens with zero attached hydrogens (tertiary/aromatic N) is 1. The fourth-order valence-corrected chi connectivity index (χ4v) is 2.78. The van der Waals surface area contributed by atoms with E-state index in [0.29, 0.717) is 28.2 Å². The summed E-state index contributed by atoms with van der Waals surface area (Å²) in [5, 5.41) is 5.66. The number of hydrogen-bond donors (Lipinski definition) is 1. The van der Waals surface area contributed by atoms with E-state index in [1.165, 1.54) is 0 Å². The second-order valence-corrected chi connectivity index (χ2v) is 7.00. The van der Waals surface area contributed by atoms with E-state index in [1.807, 2.05) is 67.6 Å². The zero-order chi connectivity index (χ0) is 19.9. The largest absolute Gasteiger partial charge is 0.493 e. The van der Waals surface area contributed by atoms with Crippen molar-refractivity contribution in [3.63, 3.8) is 0 Å². The van der Waals surface area contributed by atoms with Crippen LogP contribution in [-0.2, 0) is 6.61 Å². The summed E-state index contributed by atoms with van der Waals surface area (Å²) < 4.78 is 11.3. The van der Waals surface area contributed by atoms with Crippen LogP contribution in [0.15, 0.2) is 65.8 Å². The van der Waals surface area contributed by atoms with Crippen molar-refractivity contribution in [2.75, 3.05) is 12.5 Å². The number of methoxy groups -OCH3 is 1. The summed E-state index contributed by atoms with van der Waals surface area (Å²) in [7, 11) is 1.61. The molecule has 0 spiro atoms. The molecule has 0 unspecified atom stereocenters. The molecule has 0 saturated carbocycles. The predicted octanol–water partition coefficient (Wildman–Crippen LogP) is 6.34. The highest BCUT2D eigenvalue weighted by atomic mass is 35.5. The van der Waals surface area contributed by atoms with Crippen LogP contribution in [-0.4, -0.2) is 13.3 Å². The lowest BCUT2D eigenvalue weighted by Crippen LogP contribution is -1.99. The molecule has 6 heteroatoms. The van der Waals surface area contributed by atoms with E-state index < -0.39 is 0 Å². The molecule has 1 N–H and O–H groups in total. The predicted molar refractivity (Wildman–Crippen MR) is 116 cm³/mol. The monoisotopic (exact) mass is 414 g/mol. The molecule has 0 aliphatic carbocycles. The quantitative estimate of drug-likeness (QED) is 0.362. The maximum absolute atomic E-state index is 6.13. The van der Waals surface area contributed by atoms with Crippen LogP contribution in [0.1, 0.15) is 16.7 Å². The van der Waals surface area contributed by atoms with E-state index in [4.69, 9.17) is 32.7 Å². The lowest BCUT2D eigenvalue weighted by atomic mass is 10.2. The van der Waals surface area contributed by atoms with E-state index in [2.05, 4.69) is 10.5 Å². The zero-order valence-corrected chi connectivity index (χ0v) is 17.1. The second-order valence-electron chi connectivity index (χ2n) is 6.16. The average Bonchev–Trinajstić information content (AvgIpc) is 2.70. The number of hydrogen-bond acceptors (Lipinski definition) is 4. The van der Waals surface area contributed by atoms with Crippen LogP contribution in [0, 0.1) is 6.92 Å². The van der Waals surface area contributed by atoms with E-state index >= 15 is 0 Å². The van der Waals surface area contributed by atoms with Gasteiger partial charge >= 0.3 is 0 Å². The van der Waals surface area contributed by atoms with Crippen LogP contribution in [0.2, 0.25) is 10.0 Å².